The Bertz CT molecular complexity index is 249. The van der Waals surface area contributed by atoms with Crippen LogP contribution in [0.3, 0.4) is 0 Å². The van der Waals surface area contributed by atoms with Gasteiger partial charge in [-0.05, 0) is 18.3 Å². The van der Waals surface area contributed by atoms with Gasteiger partial charge in [0.1, 0.15) is 0 Å². The van der Waals surface area contributed by atoms with E-state index < -0.39 is 17.9 Å². The Morgan fingerprint density at radius 3 is 1.83 bits per heavy atom. The highest BCUT2D eigenvalue weighted by Crippen LogP contribution is 2.24. The van der Waals surface area contributed by atoms with Crippen LogP contribution in [0.25, 0.3) is 0 Å². The van der Waals surface area contributed by atoms with Crippen molar-refractivity contribution >= 4 is 11.9 Å². The van der Waals surface area contributed by atoms with E-state index in [0.717, 1.165) is 25.7 Å². The van der Waals surface area contributed by atoms with Crippen LogP contribution in [0.5, 0.6) is 0 Å². The van der Waals surface area contributed by atoms with Gasteiger partial charge in [0.05, 0.1) is 0 Å². The molecule has 18 heavy (non-hydrogen) atoms. The molecule has 0 rings (SSSR count). The third-order valence-corrected chi connectivity index (χ3v) is 3.75. The molecule has 0 aromatic heterocycles. The number of carboxylic acid groups (broad SMARTS) is 2. The molecule has 0 aromatic carbocycles. The van der Waals surface area contributed by atoms with E-state index in [2.05, 4.69) is 13.8 Å². The van der Waals surface area contributed by atoms with Crippen LogP contribution in [-0.2, 0) is 9.59 Å². The molecule has 0 amide bonds. The number of aliphatic carboxylic acids is 2. The fraction of sp³-hybridized carbons (Fsp3) is 0.857. The van der Waals surface area contributed by atoms with Gasteiger partial charge in [0.25, 0.3) is 0 Å². The van der Waals surface area contributed by atoms with Gasteiger partial charge in [-0.3, -0.25) is 9.59 Å². The molecule has 0 aliphatic heterocycles. The summed E-state index contributed by atoms with van der Waals surface area (Å²) < 4.78 is 0. The first-order valence-electron chi connectivity index (χ1n) is 6.89. The second-order valence-corrected chi connectivity index (χ2v) is 5.12. The lowest BCUT2D eigenvalue weighted by Gasteiger charge is -2.19. The predicted molar refractivity (Wildman–Crippen MR) is 70.5 cm³/mol. The largest absolute Gasteiger partial charge is 0.481 e. The molecule has 4 nitrogen and oxygen atoms in total. The molecule has 4 heteroatoms. The molecule has 2 N–H and O–H groups in total. The molecule has 0 heterocycles. The molecule has 0 radical (unpaired) electrons. The maximum atomic E-state index is 10.9. The second-order valence-electron chi connectivity index (χ2n) is 5.12. The van der Waals surface area contributed by atoms with Crippen LogP contribution in [-0.4, -0.2) is 22.2 Å². The van der Waals surface area contributed by atoms with E-state index in [9.17, 15) is 9.59 Å². The average molecular weight is 258 g/mol. The molecular formula is C14H26O4. The number of unbranched alkanes of at least 4 members (excludes halogenated alkanes) is 1. The Labute approximate surface area is 109 Å². The number of carbonyl (C=O) groups is 2. The second kappa shape index (κ2) is 8.95. The highest BCUT2D eigenvalue weighted by molar-refractivity contribution is 5.93. The Morgan fingerprint density at radius 1 is 0.944 bits per heavy atom. The van der Waals surface area contributed by atoms with E-state index in [1.165, 1.54) is 0 Å². The van der Waals surface area contributed by atoms with Crippen molar-refractivity contribution in [2.45, 2.75) is 59.3 Å². The van der Waals surface area contributed by atoms with Crippen LogP contribution in [0, 0.1) is 17.8 Å². The Hall–Kier alpha value is -1.06. The summed E-state index contributed by atoms with van der Waals surface area (Å²) in [6, 6.07) is 0. The van der Waals surface area contributed by atoms with Crippen LogP contribution < -0.4 is 0 Å². The lowest BCUT2D eigenvalue weighted by atomic mass is 9.85. The van der Waals surface area contributed by atoms with Crippen LogP contribution in [0.15, 0.2) is 0 Å². The van der Waals surface area contributed by atoms with E-state index in [0.29, 0.717) is 18.8 Å². The first kappa shape index (κ1) is 16.9. The highest BCUT2D eigenvalue weighted by Gasteiger charge is 2.33. The summed E-state index contributed by atoms with van der Waals surface area (Å²) in [7, 11) is 0. The van der Waals surface area contributed by atoms with E-state index >= 15 is 0 Å². The molecule has 0 aliphatic rings. The highest BCUT2D eigenvalue weighted by atomic mass is 16.4. The normalized spacial score (nSPS) is 14.4. The summed E-state index contributed by atoms with van der Waals surface area (Å²) in [5.41, 5.74) is 0. The zero-order valence-corrected chi connectivity index (χ0v) is 11.7. The molecular weight excluding hydrogens is 232 g/mol. The quantitative estimate of drug-likeness (QED) is 0.465. The molecule has 0 spiro atoms. The van der Waals surface area contributed by atoms with Crippen LogP contribution in [0.4, 0.5) is 0 Å². The summed E-state index contributed by atoms with van der Waals surface area (Å²) in [6.07, 6.45) is 5.56. The van der Waals surface area contributed by atoms with Crippen LogP contribution >= 0.6 is 0 Å². The maximum Gasteiger partial charge on any atom is 0.318 e. The van der Waals surface area contributed by atoms with Gasteiger partial charge in [0.15, 0.2) is 5.92 Å². The number of carboxylic acids is 2. The SMILES string of the molecule is CCC(C)CCCCC(CC)C(C(=O)O)C(=O)O. The third-order valence-electron chi connectivity index (χ3n) is 3.75. The predicted octanol–water partition coefficient (Wildman–Crippen LogP) is 3.40. The van der Waals surface area contributed by atoms with Gasteiger partial charge in [0.2, 0.25) is 0 Å². The summed E-state index contributed by atoms with van der Waals surface area (Å²) in [5.74, 6) is -3.23. The van der Waals surface area contributed by atoms with Gasteiger partial charge in [-0.25, -0.2) is 0 Å². The average Bonchev–Trinajstić information content (AvgIpc) is 2.31. The van der Waals surface area contributed by atoms with Gasteiger partial charge in [-0.2, -0.15) is 0 Å². The van der Waals surface area contributed by atoms with Crippen molar-refractivity contribution in [1.29, 1.82) is 0 Å². The molecule has 0 saturated heterocycles. The third kappa shape index (κ3) is 6.03. The van der Waals surface area contributed by atoms with Crippen LogP contribution in [0.2, 0.25) is 0 Å². The molecule has 106 valence electrons. The smallest absolute Gasteiger partial charge is 0.318 e. The monoisotopic (exact) mass is 258 g/mol. The molecule has 2 atom stereocenters. The van der Waals surface area contributed by atoms with E-state index in [1.54, 1.807) is 0 Å². The summed E-state index contributed by atoms with van der Waals surface area (Å²) >= 11 is 0. The van der Waals surface area contributed by atoms with Gasteiger partial charge in [-0.1, -0.05) is 52.9 Å². The summed E-state index contributed by atoms with van der Waals surface area (Å²) in [4.78, 5) is 21.9. The molecule has 0 aromatic rings. The topological polar surface area (TPSA) is 74.6 Å². The Balaban J connectivity index is 4.17. The van der Waals surface area contributed by atoms with E-state index in [-0.39, 0.29) is 5.92 Å². The van der Waals surface area contributed by atoms with Crippen molar-refractivity contribution in [3.63, 3.8) is 0 Å². The van der Waals surface area contributed by atoms with E-state index in [4.69, 9.17) is 10.2 Å². The fourth-order valence-electron chi connectivity index (χ4n) is 2.22. The molecule has 2 unspecified atom stereocenters. The van der Waals surface area contributed by atoms with Crippen LogP contribution in [0.1, 0.15) is 59.3 Å². The first-order valence-corrected chi connectivity index (χ1v) is 6.89. The van der Waals surface area contributed by atoms with Gasteiger partial charge in [-0.15, -0.1) is 0 Å². The lowest BCUT2D eigenvalue weighted by molar-refractivity contribution is -0.157. The Morgan fingerprint density at radius 2 is 1.44 bits per heavy atom. The van der Waals surface area contributed by atoms with E-state index in [1.807, 2.05) is 6.92 Å². The zero-order valence-electron chi connectivity index (χ0n) is 11.7. The molecule has 0 aliphatic carbocycles. The minimum absolute atomic E-state index is 0.253. The fourth-order valence-corrected chi connectivity index (χ4v) is 2.22. The van der Waals surface area contributed by atoms with Gasteiger partial charge in [0, 0.05) is 0 Å². The van der Waals surface area contributed by atoms with Crippen molar-refractivity contribution in [2.75, 3.05) is 0 Å². The minimum Gasteiger partial charge on any atom is -0.481 e. The standard InChI is InChI=1S/C14H26O4/c1-4-10(3)8-6-7-9-11(5-2)12(13(15)16)14(17)18/h10-12H,4-9H2,1-3H3,(H,15,16)(H,17,18). The molecule has 0 bridgehead atoms. The Kier molecular flexibility index (Phi) is 8.42. The van der Waals surface area contributed by atoms with Crippen molar-refractivity contribution in [3.8, 4) is 0 Å². The lowest BCUT2D eigenvalue weighted by Crippen LogP contribution is -2.31. The minimum atomic E-state index is -1.25. The van der Waals surface area contributed by atoms with Crippen molar-refractivity contribution in [3.05, 3.63) is 0 Å². The van der Waals surface area contributed by atoms with Gasteiger partial charge >= 0.3 is 11.9 Å². The number of hydrogen-bond acceptors (Lipinski definition) is 2. The number of rotatable bonds is 10. The summed E-state index contributed by atoms with van der Waals surface area (Å²) in [5, 5.41) is 17.9. The number of hydrogen-bond donors (Lipinski definition) is 2. The maximum absolute atomic E-state index is 10.9. The zero-order chi connectivity index (χ0) is 14.1. The van der Waals surface area contributed by atoms with Crippen molar-refractivity contribution in [2.24, 2.45) is 17.8 Å². The van der Waals surface area contributed by atoms with Crippen molar-refractivity contribution in [1.82, 2.24) is 0 Å². The van der Waals surface area contributed by atoms with Gasteiger partial charge < -0.3 is 10.2 Å². The first-order chi connectivity index (χ1) is 8.43. The molecule has 0 fully saturated rings. The molecule has 0 saturated carbocycles. The summed E-state index contributed by atoms with van der Waals surface area (Å²) in [6.45, 7) is 6.22. The van der Waals surface area contributed by atoms with Crippen molar-refractivity contribution < 1.29 is 19.8 Å².